The standard InChI is InChI=1S/C38H49N3O6/c1-8-19-39(27-13-15-29(16-14-27)46-10-3)35(43)32-31-17-18-38(47-31)33(32)36(44)41(28(23-42)21-24(4)5)34(38)37(45)40(20-9-2)30-22-25(6)11-12-26(30)7/h8-9,11-16,22,24,28,31-34,42H,1-2,10,17-21,23H2,3-7H3/t28-,31+,32-,33+,34?,38?/m1/s1. The van der Waals surface area contributed by atoms with Gasteiger partial charge in [0, 0.05) is 24.5 Å². The molecule has 47 heavy (non-hydrogen) atoms. The van der Waals surface area contributed by atoms with E-state index in [1.54, 1.807) is 26.9 Å². The lowest BCUT2D eigenvalue weighted by Crippen LogP contribution is -2.59. The van der Waals surface area contributed by atoms with E-state index in [2.05, 4.69) is 13.2 Å². The van der Waals surface area contributed by atoms with Crippen molar-refractivity contribution in [2.45, 2.75) is 77.7 Å². The lowest BCUT2D eigenvalue weighted by Gasteiger charge is -2.40. The fraction of sp³-hybridized carbons (Fsp3) is 0.500. The fourth-order valence-electron chi connectivity index (χ4n) is 7.98. The minimum absolute atomic E-state index is 0.148. The number of ether oxygens (including phenoxy) is 2. The number of aliphatic hydroxyl groups excluding tert-OH is 1. The van der Waals surface area contributed by atoms with Gasteiger partial charge in [-0.2, -0.15) is 0 Å². The van der Waals surface area contributed by atoms with Gasteiger partial charge in [-0.15, -0.1) is 13.2 Å². The zero-order valence-electron chi connectivity index (χ0n) is 28.4. The number of rotatable bonds is 14. The Labute approximate surface area is 278 Å². The average molecular weight is 644 g/mol. The first-order valence-electron chi connectivity index (χ1n) is 16.8. The van der Waals surface area contributed by atoms with Crippen LogP contribution in [0.1, 0.15) is 51.2 Å². The van der Waals surface area contributed by atoms with Crippen LogP contribution >= 0.6 is 0 Å². The number of hydrogen-bond donors (Lipinski definition) is 1. The van der Waals surface area contributed by atoms with Crippen LogP contribution in [0.25, 0.3) is 0 Å². The number of anilines is 2. The van der Waals surface area contributed by atoms with Gasteiger partial charge in [0.1, 0.15) is 17.4 Å². The Morgan fingerprint density at radius 3 is 2.38 bits per heavy atom. The molecule has 3 aliphatic heterocycles. The van der Waals surface area contributed by atoms with Crippen molar-refractivity contribution in [2.75, 3.05) is 36.1 Å². The third-order valence-electron chi connectivity index (χ3n) is 9.87. The Hall–Kier alpha value is -3.95. The fourth-order valence-corrected chi connectivity index (χ4v) is 7.98. The van der Waals surface area contributed by atoms with Gasteiger partial charge in [0.2, 0.25) is 11.8 Å². The molecule has 2 aromatic carbocycles. The first-order chi connectivity index (χ1) is 22.5. The number of aliphatic hydroxyl groups is 1. The van der Waals surface area contributed by atoms with Crippen molar-refractivity contribution in [2.24, 2.45) is 17.8 Å². The van der Waals surface area contributed by atoms with Gasteiger partial charge in [0.05, 0.1) is 37.2 Å². The van der Waals surface area contributed by atoms with Crippen LogP contribution < -0.4 is 14.5 Å². The molecular weight excluding hydrogens is 594 g/mol. The van der Waals surface area contributed by atoms with E-state index in [1.807, 2.05) is 77.1 Å². The molecule has 2 bridgehead atoms. The molecule has 1 spiro atoms. The molecule has 3 saturated heterocycles. The van der Waals surface area contributed by atoms with Gasteiger partial charge in [0.25, 0.3) is 5.91 Å². The van der Waals surface area contributed by atoms with Crippen molar-refractivity contribution in [3.8, 4) is 5.75 Å². The number of amides is 3. The maximum Gasteiger partial charge on any atom is 0.253 e. The number of aryl methyl sites for hydroxylation is 2. The highest BCUT2D eigenvalue weighted by molar-refractivity contribution is 6.07. The summed E-state index contributed by atoms with van der Waals surface area (Å²) >= 11 is 0. The van der Waals surface area contributed by atoms with Crippen LogP contribution in [0.3, 0.4) is 0 Å². The topological polar surface area (TPSA) is 99.6 Å². The van der Waals surface area contributed by atoms with Crippen LogP contribution in [0.15, 0.2) is 67.8 Å². The summed E-state index contributed by atoms with van der Waals surface area (Å²) in [5, 5.41) is 10.7. The van der Waals surface area contributed by atoms with Crippen molar-refractivity contribution in [1.82, 2.24) is 4.90 Å². The number of nitrogens with zero attached hydrogens (tertiary/aromatic N) is 3. The Morgan fingerprint density at radius 1 is 1.09 bits per heavy atom. The van der Waals surface area contributed by atoms with Crippen LogP contribution in [0.4, 0.5) is 11.4 Å². The van der Waals surface area contributed by atoms with Crippen LogP contribution in [0.2, 0.25) is 0 Å². The molecule has 2 unspecified atom stereocenters. The number of carbonyl (C=O) groups excluding carboxylic acids is 3. The predicted octanol–water partition coefficient (Wildman–Crippen LogP) is 5.22. The Bertz CT molecular complexity index is 1510. The summed E-state index contributed by atoms with van der Waals surface area (Å²) in [6.45, 7) is 18.4. The van der Waals surface area contributed by atoms with E-state index in [0.29, 0.717) is 37.3 Å². The molecule has 3 aliphatic rings. The molecule has 3 fully saturated rings. The van der Waals surface area contributed by atoms with Gasteiger partial charge in [0.15, 0.2) is 0 Å². The molecule has 0 saturated carbocycles. The quantitative estimate of drug-likeness (QED) is 0.284. The van der Waals surface area contributed by atoms with Crippen LogP contribution in [0, 0.1) is 31.6 Å². The predicted molar refractivity (Wildman–Crippen MR) is 183 cm³/mol. The van der Waals surface area contributed by atoms with E-state index < -0.39 is 35.6 Å². The molecule has 0 aromatic heterocycles. The summed E-state index contributed by atoms with van der Waals surface area (Å²) in [4.78, 5) is 49.3. The molecule has 9 heteroatoms. The molecule has 0 aliphatic carbocycles. The SMILES string of the molecule is C=CCN(C(=O)[C@@H]1[C@@H]2CCC3(O2)C(C(=O)N(CC=C)c2cc(C)ccc2C)N([C@@H](CO)CC(C)C)C(=O)[C@H]13)c1ccc(OCC)cc1. The number of benzene rings is 2. The summed E-state index contributed by atoms with van der Waals surface area (Å²) in [6.07, 6.45) is 4.32. The zero-order chi connectivity index (χ0) is 34.0. The number of likely N-dealkylation sites (tertiary alicyclic amines) is 1. The van der Waals surface area contributed by atoms with Crippen molar-refractivity contribution >= 4 is 29.1 Å². The molecule has 6 atom stereocenters. The first-order valence-corrected chi connectivity index (χ1v) is 16.8. The van der Waals surface area contributed by atoms with Gasteiger partial charge in [-0.1, -0.05) is 38.1 Å². The van der Waals surface area contributed by atoms with E-state index in [0.717, 1.165) is 16.8 Å². The Balaban J connectivity index is 1.60. The van der Waals surface area contributed by atoms with Crippen LogP contribution in [-0.2, 0) is 19.1 Å². The van der Waals surface area contributed by atoms with Crippen molar-refractivity contribution in [3.63, 3.8) is 0 Å². The monoisotopic (exact) mass is 643 g/mol. The third-order valence-corrected chi connectivity index (χ3v) is 9.87. The molecule has 3 heterocycles. The highest BCUT2D eigenvalue weighted by Crippen LogP contribution is 2.59. The summed E-state index contributed by atoms with van der Waals surface area (Å²) in [5.41, 5.74) is 2.09. The second kappa shape index (κ2) is 14.0. The molecule has 0 radical (unpaired) electrons. The van der Waals surface area contributed by atoms with Crippen LogP contribution in [0.5, 0.6) is 5.75 Å². The Morgan fingerprint density at radius 2 is 1.77 bits per heavy atom. The first kappa shape index (κ1) is 34.4. The molecule has 3 amide bonds. The normalized spacial score (nSPS) is 25.1. The largest absolute Gasteiger partial charge is 0.494 e. The van der Waals surface area contributed by atoms with Gasteiger partial charge >= 0.3 is 0 Å². The smallest absolute Gasteiger partial charge is 0.253 e. The Kier molecular flexibility index (Phi) is 10.3. The highest BCUT2D eigenvalue weighted by atomic mass is 16.5. The summed E-state index contributed by atoms with van der Waals surface area (Å²) in [7, 11) is 0. The maximum atomic E-state index is 15.0. The summed E-state index contributed by atoms with van der Waals surface area (Å²) in [5.74, 6) is -1.67. The second-order valence-electron chi connectivity index (χ2n) is 13.5. The highest BCUT2D eigenvalue weighted by Gasteiger charge is 2.75. The van der Waals surface area contributed by atoms with E-state index in [-0.39, 0.29) is 43.3 Å². The summed E-state index contributed by atoms with van der Waals surface area (Å²) < 4.78 is 12.4. The minimum Gasteiger partial charge on any atom is -0.494 e. The van der Waals surface area contributed by atoms with Crippen LogP contribution in [-0.4, -0.2) is 77.8 Å². The van der Waals surface area contributed by atoms with E-state index in [4.69, 9.17) is 9.47 Å². The summed E-state index contributed by atoms with van der Waals surface area (Å²) in [6, 6.07) is 11.6. The van der Waals surface area contributed by atoms with Crippen molar-refractivity contribution in [3.05, 3.63) is 78.9 Å². The van der Waals surface area contributed by atoms with Gasteiger partial charge in [-0.05, 0) is 87.4 Å². The van der Waals surface area contributed by atoms with Gasteiger partial charge < -0.3 is 29.3 Å². The molecular formula is C38H49N3O6. The zero-order valence-corrected chi connectivity index (χ0v) is 28.4. The number of hydrogen-bond acceptors (Lipinski definition) is 6. The maximum absolute atomic E-state index is 15.0. The van der Waals surface area contributed by atoms with Crippen molar-refractivity contribution < 1.29 is 29.0 Å². The third kappa shape index (κ3) is 6.11. The lowest BCUT2D eigenvalue weighted by atomic mass is 9.70. The van der Waals surface area contributed by atoms with Crippen molar-refractivity contribution in [1.29, 1.82) is 0 Å². The minimum atomic E-state index is -1.21. The van der Waals surface area contributed by atoms with E-state index in [9.17, 15) is 14.7 Å². The van der Waals surface area contributed by atoms with Gasteiger partial charge in [-0.25, -0.2) is 0 Å². The van der Waals surface area contributed by atoms with Gasteiger partial charge in [-0.3, -0.25) is 14.4 Å². The lowest BCUT2D eigenvalue weighted by molar-refractivity contribution is -0.144. The average Bonchev–Trinajstić information content (AvgIpc) is 3.70. The number of fused-ring (bicyclic) bond motifs is 1. The van der Waals surface area contributed by atoms with E-state index in [1.165, 1.54) is 0 Å². The molecule has 1 N–H and O–H groups in total. The molecule has 252 valence electrons. The molecule has 2 aromatic rings. The number of carbonyl (C=O) groups is 3. The second-order valence-corrected chi connectivity index (χ2v) is 13.5. The molecule has 9 nitrogen and oxygen atoms in total. The van der Waals surface area contributed by atoms with E-state index >= 15 is 4.79 Å². The molecule has 5 rings (SSSR count).